The van der Waals surface area contributed by atoms with Gasteiger partial charge in [-0.1, -0.05) is 6.92 Å². The van der Waals surface area contributed by atoms with E-state index in [0.29, 0.717) is 5.25 Å². The lowest BCUT2D eigenvalue weighted by Crippen LogP contribution is -2.38. The lowest BCUT2D eigenvalue weighted by Gasteiger charge is -2.21. The molecule has 116 valence electrons. The van der Waals surface area contributed by atoms with Crippen LogP contribution < -0.4 is 5.32 Å². The fourth-order valence-corrected chi connectivity index (χ4v) is 3.26. The van der Waals surface area contributed by atoms with Gasteiger partial charge in [-0.05, 0) is 41.2 Å². The molecule has 1 aromatic heterocycles. The maximum atomic E-state index is 4.69. The Morgan fingerprint density at radius 2 is 2.25 bits per heavy atom. The molecule has 0 aliphatic heterocycles. The molecule has 0 saturated heterocycles. The maximum absolute atomic E-state index is 4.69. The van der Waals surface area contributed by atoms with E-state index in [9.17, 15) is 0 Å². The third kappa shape index (κ3) is 7.51. The first-order chi connectivity index (χ1) is 9.06. The summed E-state index contributed by atoms with van der Waals surface area (Å²) in [5.41, 5.74) is 0. The molecule has 0 spiro atoms. The van der Waals surface area contributed by atoms with Crippen molar-refractivity contribution in [3.8, 4) is 0 Å². The highest BCUT2D eigenvalue weighted by molar-refractivity contribution is 14.0. The number of hydrogen-bond acceptors (Lipinski definition) is 3. The van der Waals surface area contributed by atoms with E-state index in [-0.39, 0.29) is 24.0 Å². The van der Waals surface area contributed by atoms with Crippen molar-refractivity contribution in [3.05, 3.63) is 20.8 Å². The zero-order valence-electron chi connectivity index (χ0n) is 12.4. The van der Waals surface area contributed by atoms with E-state index in [0.717, 1.165) is 25.6 Å². The Bertz CT molecular complexity index is 412. The highest BCUT2D eigenvalue weighted by Crippen LogP contribution is 2.23. The van der Waals surface area contributed by atoms with Crippen LogP contribution >= 0.6 is 63.0 Å². The summed E-state index contributed by atoms with van der Waals surface area (Å²) in [6, 6.07) is 4.24. The summed E-state index contributed by atoms with van der Waals surface area (Å²) in [4.78, 5) is 8.20. The predicted octanol–water partition coefficient (Wildman–Crippen LogP) is 4.28. The van der Waals surface area contributed by atoms with Crippen molar-refractivity contribution in [2.45, 2.75) is 25.6 Å². The lowest BCUT2D eigenvalue weighted by atomic mass is 10.4. The van der Waals surface area contributed by atoms with Crippen LogP contribution in [0.4, 0.5) is 0 Å². The number of hydrogen-bond donors (Lipinski definition) is 1. The number of nitrogens with one attached hydrogen (secondary N) is 1. The topological polar surface area (TPSA) is 27.6 Å². The number of rotatable bonds is 6. The Kier molecular flexibility index (Phi) is 11.4. The average molecular weight is 492 g/mol. The molecule has 0 aromatic carbocycles. The van der Waals surface area contributed by atoms with Crippen molar-refractivity contribution in [3.63, 3.8) is 0 Å². The van der Waals surface area contributed by atoms with Crippen molar-refractivity contribution >= 4 is 69.0 Å². The third-order valence-electron chi connectivity index (χ3n) is 2.62. The van der Waals surface area contributed by atoms with Gasteiger partial charge in [0.1, 0.15) is 0 Å². The van der Waals surface area contributed by atoms with E-state index in [1.807, 2.05) is 11.8 Å². The van der Waals surface area contributed by atoms with Gasteiger partial charge in [0.2, 0.25) is 0 Å². The minimum absolute atomic E-state index is 0. The molecule has 0 amide bonds. The summed E-state index contributed by atoms with van der Waals surface area (Å²) in [5, 5.41) is 3.90. The number of thioether (sulfide) groups is 1. The lowest BCUT2D eigenvalue weighted by molar-refractivity contribution is 0.481. The molecule has 0 radical (unpaired) electrons. The van der Waals surface area contributed by atoms with E-state index in [1.165, 1.54) is 8.66 Å². The van der Waals surface area contributed by atoms with Crippen LogP contribution in [0.2, 0.25) is 0 Å². The second-order valence-electron chi connectivity index (χ2n) is 4.30. The molecule has 1 aromatic rings. The minimum atomic E-state index is 0. The summed E-state index contributed by atoms with van der Waals surface area (Å²) >= 11 is 7.12. The van der Waals surface area contributed by atoms with Gasteiger partial charge in [0.05, 0.1) is 16.9 Å². The van der Waals surface area contributed by atoms with Crippen molar-refractivity contribution in [1.82, 2.24) is 10.2 Å². The van der Waals surface area contributed by atoms with E-state index in [2.05, 4.69) is 65.4 Å². The van der Waals surface area contributed by atoms with Crippen molar-refractivity contribution in [2.24, 2.45) is 4.99 Å². The first-order valence-corrected chi connectivity index (χ1v) is 9.23. The Morgan fingerprint density at radius 1 is 1.55 bits per heavy atom. The molecule has 1 unspecified atom stereocenters. The molecule has 0 aliphatic rings. The van der Waals surface area contributed by atoms with Gasteiger partial charge in [-0.3, -0.25) is 4.99 Å². The van der Waals surface area contributed by atoms with Crippen molar-refractivity contribution in [1.29, 1.82) is 0 Å². The van der Waals surface area contributed by atoms with Gasteiger partial charge >= 0.3 is 0 Å². The highest BCUT2D eigenvalue weighted by Gasteiger charge is 2.08. The van der Waals surface area contributed by atoms with E-state index in [4.69, 9.17) is 4.99 Å². The van der Waals surface area contributed by atoms with E-state index in [1.54, 1.807) is 11.3 Å². The Hall–Kier alpha value is 0.530. The average Bonchev–Trinajstić information content (AvgIpc) is 2.79. The Balaban J connectivity index is 0.00000361. The largest absolute Gasteiger partial charge is 0.357 e. The molecule has 1 heterocycles. The van der Waals surface area contributed by atoms with Crippen LogP contribution in [0.1, 0.15) is 18.7 Å². The van der Waals surface area contributed by atoms with Crippen molar-refractivity contribution < 1.29 is 0 Å². The summed E-state index contributed by atoms with van der Waals surface area (Å²) < 4.78 is 1.17. The van der Waals surface area contributed by atoms with Gasteiger partial charge < -0.3 is 10.2 Å². The normalized spacial score (nSPS) is 12.8. The van der Waals surface area contributed by atoms with Crippen LogP contribution in [-0.2, 0) is 6.54 Å². The predicted molar refractivity (Wildman–Crippen MR) is 108 cm³/mol. The number of guanidine groups is 1. The first kappa shape index (κ1) is 20.5. The minimum Gasteiger partial charge on any atom is -0.357 e. The molecular weight excluding hydrogens is 469 g/mol. The molecular formula is C13H23BrIN3S2. The summed E-state index contributed by atoms with van der Waals surface area (Å²) in [6.07, 6.45) is 2.12. The number of nitrogens with zero attached hydrogens (tertiary/aromatic N) is 2. The summed E-state index contributed by atoms with van der Waals surface area (Å²) in [5.74, 6) is 0.980. The molecule has 0 aliphatic carbocycles. The standard InChI is InChI=1S/C13H22BrN3S2.HI/c1-5-15-13(16-8-10(2)18-4)17(3)9-11-6-7-12(14)19-11;/h6-7,10H,5,8-9H2,1-4H3,(H,15,16);1H. The molecule has 7 heteroatoms. The van der Waals surface area contributed by atoms with Crippen LogP contribution in [-0.4, -0.2) is 42.5 Å². The molecule has 3 nitrogen and oxygen atoms in total. The van der Waals surface area contributed by atoms with Gasteiger partial charge in [-0.25, -0.2) is 0 Å². The van der Waals surface area contributed by atoms with Gasteiger partial charge in [-0.15, -0.1) is 35.3 Å². The summed E-state index contributed by atoms with van der Waals surface area (Å²) in [7, 11) is 2.08. The fraction of sp³-hybridized carbons (Fsp3) is 0.615. The van der Waals surface area contributed by atoms with Gasteiger partial charge in [0.15, 0.2) is 5.96 Å². The van der Waals surface area contributed by atoms with Crippen molar-refractivity contribution in [2.75, 3.05) is 26.4 Å². The van der Waals surface area contributed by atoms with E-state index >= 15 is 0 Å². The quantitative estimate of drug-likeness (QED) is 0.365. The maximum Gasteiger partial charge on any atom is 0.194 e. The molecule has 1 N–H and O–H groups in total. The first-order valence-electron chi connectivity index (χ1n) is 6.33. The van der Waals surface area contributed by atoms with Gasteiger partial charge in [0.25, 0.3) is 0 Å². The van der Waals surface area contributed by atoms with Crippen LogP contribution in [0.25, 0.3) is 0 Å². The van der Waals surface area contributed by atoms with Gasteiger partial charge in [0, 0.05) is 23.7 Å². The van der Waals surface area contributed by atoms with Crippen LogP contribution in [0.5, 0.6) is 0 Å². The molecule has 0 fully saturated rings. The third-order valence-corrected chi connectivity index (χ3v) is 5.18. The fourth-order valence-electron chi connectivity index (χ4n) is 1.50. The van der Waals surface area contributed by atoms with E-state index < -0.39 is 0 Å². The second-order valence-corrected chi connectivity index (χ2v) is 8.13. The molecule has 1 atom stereocenters. The van der Waals surface area contributed by atoms with Crippen LogP contribution in [0.15, 0.2) is 20.9 Å². The molecule has 20 heavy (non-hydrogen) atoms. The smallest absolute Gasteiger partial charge is 0.194 e. The van der Waals surface area contributed by atoms with Crippen LogP contribution in [0.3, 0.4) is 0 Å². The zero-order valence-corrected chi connectivity index (χ0v) is 17.9. The Morgan fingerprint density at radius 3 is 2.75 bits per heavy atom. The second kappa shape index (κ2) is 11.1. The van der Waals surface area contributed by atoms with Crippen LogP contribution in [0, 0.1) is 0 Å². The summed E-state index contributed by atoms with van der Waals surface area (Å²) in [6.45, 7) is 6.93. The monoisotopic (exact) mass is 491 g/mol. The number of thiophene rings is 1. The van der Waals surface area contributed by atoms with Gasteiger partial charge in [-0.2, -0.15) is 11.8 Å². The number of aliphatic imine (C=N–C) groups is 1. The number of halogens is 2. The zero-order chi connectivity index (χ0) is 14.3. The Labute approximate surface area is 156 Å². The molecule has 0 saturated carbocycles. The molecule has 0 bridgehead atoms. The highest BCUT2D eigenvalue weighted by atomic mass is 127. The molecule has 1 rings (SSSR count). The SMILES string of the molecule is CCNC(=NCC(C)SC)N(C)Cc1ccc(Br)s1.I.